The highest BCUT2D eigenvalue weighted by Crippen LogP contribution is 2.26. The standard InChI is InChI=1S/C16H17N3O4/c1-16(2,3)23-15(21)7-14(22-9-20)10-4-5-12-11(6-10)13(8-17)19-18-12/h4-6,9,14H,7H2,1-3H3,(H,18,19). The summed E-state index contributed by atoms with van der Waals surface area (Å²) >= 11 is 0. The van der Waals surface area contributed by atoms with Crippen LogP contribution in [0.2, 0.25) is 0 Å². The first-order chi connectivity index (χ1) is 10.8. The van der Waals surface area contributed by atoms with Crippen molar-refractivity contribution in [3.8, 4) is 6.07 Å². The maximum Gasteiger partial charge on any atom is 0.310 e. The van der Waals surface area contributed by atoms with Crippen LogP contribution >= 0.6 is 0 Å². The highest BCUT2D eigenvalue weighted by Gasteiger charge is 2.23. The molecule has 0 saturated carbocycles. The molecular weight excluding hydrogens is 298 g/mol. The third-order valence-electron chi connectivity index (χ3n) is 3.06. The normalized spacial score (nSPS) is 12.4. The minimum Gasteiger partial charge on any atom is -0.460 e. The van der Waals surface area contributed by atoms with E-state index in [2.05, 4.69) is 10.2 Å². The molecule has 0 spiro atoms. The van der Waals surface area contributed by atoms with Crippen molar-refractivity contribution in [1.29, 1.82) is 5.26 Å². The fraction of sp³-hybridized carbons (Fsp3) is 0.375. The number of aromatic amines is 1. The molecule has 1 aromatic carbocycles. The molecule has 1 unspecified atom stereocenters. The molecule has 1 N–H and O–H groups in total. The Morgan fingerprint density at radius 1 is 1.48 bits per heavy atom. The second-order valence-corrected chi connectivity index (χ2v) is 6.00. The molecule has 7 heteroatoms. The molecule has 0 saturated heterocycles. The number of benzene rings is 1. The van der Waals surface area contributed by atoms with Gasteiger partial charge in [-0.2, -0.15) is 10.4 Å². The van der Waals surface area contributed by atoms with Gasteiger partial charge >= 0.3 is 5.97 Å². The number of aromatic nitrogens is 2. The predicted octanol–water partition coefficient (Wildman–Crippen LogP) is 2.38. The van der Waals surface area contributed by atoms with Crippen LogP contribution in [0.1, 0.15) is 44.6 Å². The van der Waals surface area contributed by atoms with Gasteiger partial charge in [0, 0.05) is 5.39 Å². The Morgan fingerprint density at radius 2 is 2.22 bits per heavy atom. The fourth-order valence-electron chi connectivity index (χ4n) is 2.16. The van der Waals surface area contributed by atoms with E-state index in [1.807, 2.05) is 6.07 Å². The van der Waals surface area contributed by atoms with E-state index in [-0.39, 0.29) is 12.1 Å². The maximum atomic E-state index is 12.0. The summed E-state index contributed by atoms with van der Waals surface area (Å²) in [5.41, 5.74) is 0.899. The zero-order chi connectivity index (χ0) is 17.0. The summed E-state index contributed by atoms with van der Waals surface area (Å²) in [6.45, 7) is 5.57. The van der Waals surface area contributed by atoms with E-state index in [0.29, 0.717) is 22.9 Å². The number of esters is 1. The average Bonchev–Trinajstić information content (AvgIpc) is 2.86. The summed E-state index contributed by atoms with van der Waals surface area (Å²) in [6, 6.07) is 7.08. The lowest BCUT2D eigenvalue weighted by Crippen LogP contribution is -2.25. The Hall–Kier alpha value is -2.88. The topological polar surface area (TPSA) is 105 Å². The Balaban J connectivity index is 2.28. The third-order valence-corrected chi connectivity index (χ3v) is 3.06. The Morgan fingerprint density at radius 3 is 2.83 bits per heavy atom. The fourth-order valence-corrected chi connectivity index (χ4v) is 2.16. The van der Waals surface area contributed by atoms with Gasteiger partial charge < -0.3 is 9.47 Å². The summed E-state index contributed by atoms with van der Waals surface area (Å²) in [6.07, 6.45) is -0.894. The molecule has 23 heavy (non-hydrogen) atoms. The zero-order valence-corrected chi connectivity index (χ0v) is 13.1. The highest BCUT2D eigenvalue weighted by molar-refractivity contribution is 5.84. The van der Waals surface area contributed by atoms with E-state index < -0.39 is 17.7 Å². The van der Waals surface area contributed by atoms with Crippen molar-refractivity contribution in [3.63, 3.8) is 0 Å². The minimum absolute atomic E-state index is 0.110. The van der Waals surface area contributed by atoms with Gasteiger partial charge in [0.25, 0.3) is 6.47 Å². The minimum atomic E-state index is -0.784. The van der Waals surface area contributed by atoms with E-state index in [1.165, 1.54) is 0 Å². The number of nitrogens with zero attached hydrogens (tertiary/aromatic N) is 2. The maximum absolute atomic E-state index is 12.0. The average molecular weight is 315 g/mol. The van der Waals surface area contributed by atoms with Gasteiger partial charge in [-0.1, -0.05) is 6.07 Å². The first-order valence-corrected chi connectivity index (χ1v) is 7.03. The Labute approximate surface area is 133 Å². The number of carbonyl (C=O) groups excluding carboxylic acids is 2. The molecule has 2 aromatic rings. The summed E-state index contributed by atoms with van der Waals surface area (Å²) in [5.74, 6) is -0.475. The largest absolute Gasteiger partial charge is 0.460 e. The van der Waals surface area contributed by atoms with Crippen molar-refractivity contribution in [2.45, 2.75) is 38.9 Å². The molecule has 0 bridgehead atoms. The zero-order valence-electron chi connectivity index (χ0n) is 13.1. The van der Waals surface area contributed by atoms with Crippen LogP contribution in [-0.4, -0.2) is 28.2 Å². The number of nitrogens with one attached hydrogen (secondary N) is 1. The smallest absolute Gasteiger partial charge is 0.310 e. The van der Waals surface area contributed by atoms with Gasteiger partial charge in [0.05, 0.1) is 11.9 Å². The molecule has 0 aliphatic heterocycles. The molecule has 2 rings (SSSR count). The number of rotatable bonds is 5. The van der Waals surface area contributed by atoms with Gasteiger partial charge in [0.15, 0.2) is 5.69 Å². The molecule has 120 valence electrons. The van der Waals surface area contributed by atoms with Crippen molar-refractivity contribution < 1.29 is 19.1 Å². The molecule has 1 aromatic heterocycles. The second kappa shape index (κ2) is 6.48. The van der Waals surface area contributed by atoms with Crippen molar-refractivity contribution in [2.24, 2.45) is 0 Å². The predicted molar refractivity (Wildman–Crippen MR) is 81.2 cm³/mol. The molecule has 0 aliphatic carbocycles. The van der Waals surface area contributed by atoms with Gasteiger partial charge in [-0.25, -0.2) is 0 Å². The molecule has 1 atom stereocenters. The van der Waals surface area contributed by atoms with Crippen molar-refractivity contribution >= 4 is 23.3 Å². The molecule has 0 fully saturated rings. The van der Waals surface area contributed by atoms with Crippen LogP contribution in [0.5, 0.6) is 0 Å². The van der Waals surface area contributed by atoms with Crippen LogP contribution in [0.3, 0.4) is 0 Å². The molecule has 1 heterocycles. The lowest BCUT2D eigenvalue weighted by Gasteiger charge is -2.21. The summed E-state index contributed by atoms with van der Waals surface area (Å²) in [4.78, 5) is 22.7. The number of fused-ring (bicyclic) bond motifs is 1. The van der Waals surface area contributed by atoms with Gasteiger partial charge in [0.1, 0.15) is 17.8 Å². The SMILES string of the molecule is CC(C)(C)OC(=O)CC(OC=O)c1ccc2[nH]nc(C#N)c2c1. The number of carbonyl (C=O) groups is 2. The summed E-state index contributed by atoms with van der Waals surface area (Å²) in [5, 5.41) is 16.3. The Kier molecular flexibility index (Phi) is 4.65. The molecular formula is C16H17N3O4. The van der Waals surface area contributed by atoms with Crippen molar-refractivity contribution in [1.82, 2.24) is 10.2 Å². The lowest BCUT2D eigenvalue weighted by atomic mass is 10.0. The second-order valence-electron chi connectivity index (χ2n) is 6.00. The van der Waals surface area contributed by atoms with E-state index in [0.717, 1.165) is 0 Å². The van der Waals surface area contributed by atoms with Gasteiger partial charge in [-0.15, -0.1) is 0 Å². The van der Waals surface area contributed by atoms with Gasteiger partial charge in [0.2, 0.25) is 0 Å². The first-order valence-electron chi connectivity index (χ1n) is 7.03. The van der Waals surface area contributed by atoms with Gasteiger partial charge in [-0.3, -0.25) is 14.7 Å². The molecule has 0 aliphatic rings. The number of nitriles is 1. The summed E-state index contributed by atoms with van der Waals surface area (Å²) in [7, 11) is 0. The number of hydrogen-bond donors (Lipinski definition) is 1. The van der Waals surface area contributed by atoms with Crippen molar-refractivity contribution in [3.05, 3.63) is 29.5 Å². The van der Waals surface area contributed by atoms with E-state index >= 15 is 0 Å². The van der Waals surface area contributed by atoms with Crippen LogP contribution in [0.4, 0.5) is 0 Å². The van der Waals surface area contributed by atoms with Crippen LogP contribution in [0.15, 0.2) is 18.2 Å². The molecule has 0 radical (unpaired) electrons. The monoisotopic (exact) mass is 315 g/mol. The van der Waals surface area contributed by atoms with Crippen molar-refractivity contribution in [2.75, 3.05) is 0 Å². The quantitative estimate of drug-likeness (QED) is 0.671. The number of ether oxygens (including phenoxy) is 2. The Bertz CT molecular complexity index is 768. The van der Waals surface area contributed by atoms with E-state index in [4.69, 9.17) is 14.7 Å². The van der Waals surface area contributed by atoms with Crippen LogP contribution in [0.25, 0.3) is 10.9 Å². The molecule has 7 nitrogen and oxygen atoms in total. The molecule has 0 amide bonds. The number of hydrogen-bond acceptors (Lipinski definition) is 6. The van der Waals surface area contributed by atoms with Crippen LogP contribution in [-0.2, 0) is 19.1 Å². The highest BCUT2D eigenvalue weighted by atomic mass is 16.6. The van der Waals surface area contributed by atoms with Gasteiger partial charge in [-0.05, 0) is 38.5 Å². The van der Waals surface area contributed by atoms with Crippen LogP contribution < -0.4 is 0 Å². The number of H-pyrrole nitrogens is 1. The third kappa shape index (κ3) is 4.07. The lowest BCUT2D eigenvalue weighted by molar-refractivity contribution is -0.158. The summed E-state index contributed by atoms with van der Waals surface area (Å²) < 4.78 is 10.3. The first kappa shape index (κ1) is 16.5. The van der Waals surface area contributed by atoms with E-state index in [9.17, 15) is 9.59 Å². The van der Waals surface area contributed by atoms with E-state index in [1.54, 1.807) is 39.0 Å². The van der Waals surface area contributed by atoms with Crippen LogP contribution in [0, 0.1) is 11.3 Å².